The molecule has 0 amide bonds. The van der Waals surface area contributed by atoms with E-state index in [0.717, 1.165) is 42.9 Å². The Balaban J connectivity index is 2.03. The number of benzene rings is 1. The number of rotatable bonds is 2. The van der Waals surface area contributed by atoms with Gasteiger partial charge >= 0.3 is 0 Å². The molecule has 1 fully saturated rings. The van der Waals surface area contributed by atoms with E-state index in [2.05, 4.69) is 16.0 Å². The molecule has 1 aliphatic heterocycles. The molecule has 0 saturated carbocycles. The first kappa shape index (κ1) is 12.6. The van der Waals surface area contributed by atoms with Crippen LogP contribution in [0.15, 0.2) is 36.5 Å². The van der Waals surface area contributed by atoms with Crippen molar-refractivity contribution >= 4 is 5.69 Å². The molecule has 0 aliphatic carbocycles. The van der Waals surface area contributed by atoms with Crippen molar-refractivity contribution < 1.29 is 4.39 Å². The highest BCUT2D eigenvalue weighted by molar-refractivity contribution is 5.69. The Bertz CT molecular complexity index is 652. The molecule has 2 aromatic rings. The number of nitriles is 1. The number of hydrogen-bond acceptors (Lipinski definition) is 3. The van der Waals surface area contributed by atoms with Gasteiger partial charge in [-0.15, -0.1) is 0 Å². The zero-order valence-electron chi connectivity index (χ0n) is 11.0. The minimum absolute atomic E-state index is 0.262. The van der Waals surface area contributed by atoms with Gasteiger partial charge in [-0.1, -0.05) is 0 Å². The van der Waals surface area contributed by atoms with E-state index >= 15 is 0 Å². The third-order valence-corrected chi connectivity index (χ3v) is 3.59. The molecular formula is C16H14FN3. The largest absolute Gasteiger partial charge is 0.370 e. The highest BCUT2D eigenvalue weighted by atomic mass is 19.1. The molecule has 0 bridgehead atoms. The van der Waals surface area contributed by atoms with Crippen LogP contribution in [-0.4, -0.2) is 18.1 Å². The molecule has 3 nitrogen and oxygen atoms in total. The summed E-state index contributed by atoms with van der Waals surface area (Å²) in [6.45, 7) is 1.95. The summed E-state index contributed by atoms with van der Waals surface area (Å²) in [7, 11) is 0. The Morgan fingerprint density at radius 3 is 2.50 bits per heavy atom. The van der Waals surface area contributed by atoms with Crippen molar-refractivity contribution in [3.8, 4) is 17.3 Å². The van der Waals surface area contributed by atoms with Crippen molar-refractivity contribution in [1.82, 2.24) is 4.98 Å². The Hall–Kier alpha value is -2.41. The van der Waals surface area contributed by atoms with Gasteiger partial charge in [0.2, 0.25) is 0 Å². The van der Waals surface area contributed by atoms with Gasteiger partial charge in [0.25, 0.3) is 0 Å². The SMILES string of the molecule is N#Cc1cnc(-c2ccc(F)cc2)cc1N1CCCC1. The lowest BCUT2D eigenvalue weighted by molar-refractivity contribution is 0.628. The summed E-state index contributed by atoms with van der Waals surface area (Å²) in [5.41, 5.74) is 3.15. The number of halogens is 1. The third-order valence-electron chi connectivity index (χ3n) is 3.59. The van der Waals surface area contributed by atoms with Crippen LogP contribution in [0, 0.1) is 17.1 Å². The third kappa shape index (κ3) is 2.35. The fourth-order valence-corrected chi connectivity index (χ4v) is 2.53. The van der Waals surface area contributed by atoms with E-state index in [1.165, 1.54) is 12.1 Å². The number of pyridine rings is 1. The lowest BCUT2D eigenvalue weighted by Gasteiger charge is -2.19. The Morgan fingerprint density at radius 1 is 1.15 bits per heavy atom. The average molecular weight is 267 g/mol. The van der Waals surface area contributed by atoms with Crippen LogP contribution < -0.4 is 4.90 Å². The van der Waals surface area contributed by atoms with Gasteiger partial charge < -0.3 is 4.90 Å². The van der Waals surface area contributed by atoms with Crippen LogP contribution in [0.5, 0.6) is 0 Å². The summed E-state index contributed by atoms with van der Waals surface area (Å²) in [4.78, 5) is 6.53. The Kier molecular flexibility index (Phi) is 3.34. The van der Waals surface area contributed by atoms with Crippen molar-refractivity contribution in [2.45, 2.75) is 12.8 Å². The first-order chi connectivity index (χ1) is 9.78. The van der Waals surface area contributed by atoms with Gasteiger partial charge in [0.15, 0.2) is 0 Å². The van der Waals surface area contributed by atoms with Crippen LogP contribution in [0.1, 0.15) is 18.4 Å². The fraction of sp³-hybridized carbons (Fsp3) is 0.250. The maximum absolute atomic E-state index is 13.0. The molecule has 1 aromatic heterocycles. The van der Waals surface area contributed by atoms with E-state index in [-0.39, 0.29) is 5.82 Å². The molecule has 0 unspecified atom stereocenters. The Labute approximate surface area is 117 Å². The molecule has 1 aromatic carbocycles. The van der Waals surface area contributed by atoms with Crippen LogP contribution in [-0.2, 0) is 0 Å². The van der Waals surface area contributed by atoms with Gasteiger partial charge in [-0.3, -0.25) is 4.98 Å². The van der Waals surface area contributed by atoms with Gasteiger partial charge in [-0.25, -0.2) is 4.39 Å². The van der Waals surface area contributed by atoms with E-state index in [0.29, 0.717) is 5.56 Å². The highest BCUT2D eigenvalue weighted by Crippen LogP contribution is 2.28. The molecule has 0 spiro atoms. The molecule has 0 N–H and O–H groups in total. The second-order valence-corrected chi connectivity index (χ2v) is 4.90. The smallest absolute Gasteiger partial charge is 0.123 e. The number of hydrogen-bond donors (Lipinski definition) is 0. The van der Waals surface area contributed by atoms with Crippen LogP contribution >= 0.6 is 0 Å². The molecule has 1 aliphatic rings. The second-order valence-electron chi connectivity index (χ2n) is 4.90. The molecule has 0 radical (unpaired) electrons. The van der Waals surface area contributed by atoms with Gasteiger partial charge in [0.05, 0.1) is 16.9 Å². The molecule has 20 heavy (non-hydrogen) atoms. The van der Waals surface area contributed by atoms with Crippen LogP contribution in [0.4, 0.5) is 10.1 Å². The van der Waals surface area contributed by atoms with Crippen LogP contribution in [0.25, 0.3) is 11.3 Å². The minimum atomic E-state index is -0.262. The summed E-state index contributed by atoms with van der Waals surface area (Å²) >= 11 is 0. The lowest BCUT2D eigenvalue weighted by atomic mass is 10.1. The van der Waals surface area contributed by atoms with Crippen molar-refractivity contribution in [3.63, 3.8) is 0 Å². The fourth-order valence-electron chi connectivity index (χ4n) is 2.53. The van der Waals surface area contributed by atoms with E-state index < -0.39 is 0 Å². The van der Waals surface area contributed by atoms with Crippen molar-refractivity contribution in [2.24, 2.45) is 0 Å². The zero-order valence-corrected chi connectivity index (χ0v) is 11.0. The normalized spacial score (nSPS) is 14.3. The molecule has 3 rings (SSSR count). The van der Waals surface area contributed by atoms with E-state index in [1.807, 2.05) is 6.07 Å². The second kappa shape index (κ2) is 5.30. The summed E-state index contributed by atoms with van der Waals surface area (Å²) in [6.07, 6.45) is 3.91. The van der Waals surface area contributed by atoms with Gasteiger partial charge in [-0.2, -0.15) is 5.26 Å². The number of anilines is 1. The first-order valence-electron chi connectivity index (χ1n) is 6.69. The predicted molar refractivity (Wildman–Crippen MR) is 75.8 cm³/mol. The zero-order chi connectivity index (χ0) is 13.9. The number of aromatic nitrogens is 1. The molecule has 100 valence electrons. The summed E-state index contributed by atoms with van der Waals surface area (Å²) in [5.74, 6) is -0.262. The molecule has 4 heteroatoms. The van der Waals surface area contributed by atoms with E-state index in [4.69, 9.17) is 0 Å². The van der Waals surface area contributed by atoms with Gasteiger partial charge in [-0.05, 0) is 43.2 Å². The predicted octanol–water partition coefficient (Wildman–Crippen LogP) is 3.36. The topological polar surface area (TPSA) is 39.9 Å². The Morgan fingerprint density at radius 2 is 1.85 bits per heavy atom. The molecule has 1 saturated heterocycles. The van der Waals surface area contributed by atoms with Gasteiger partial charge in [0, 0.05) is 24.8 Å². The lowest BCUT2D eigenvalue weighted by Crippen LogP contribution is -2.19. The van der Waals surface area contributed by atoms with Crippen molar-refractivity contribution in [1.29, 1.82) is 5.26 Å². The summed E-state index contributed by atoms with van der Waals surface area (Å²) < 4.78 is 13.0. The van der Waals surface area contributed by atoms with Gasteiger partial charge in [0.1, 0.15) is 11.9 Å². The number of nitrogens with zero attached hydrogens (tertiary/aromatic N) is 3. The van der Waals surface area contributed by atoms with Crippen LogP contribution in [0.2, 0.25) is 0 Å². The monoisotopic (exact) mass is 267 g/mol. The highest BCUT2D eigenvalue weighted by Gasteiger charge is 2.17. The quantitative estimate of drug-likeness (QED) is 0.837. The van der Waals surface area contributed by atoms with E-state index in [1.54, 1.807) is 18.3 Å². The maximum atomic E-state index is 13.0. The maximum Gasteiger partial charge on any atom is 0.123 e. The average Bonchev–Trinajstić information content (AvgIpc) is 3.01. The minimum Gasteiger partial charge on any atom is -0.370 e. The molecule has 0 atom stereocenters. The first-order valence-corrected chi connectivity index (χ1v) is 6.69. The standard InChI is InChI=1S/C16H14FN3/c17-14-5-3-12(4-6-14)15-9-16(13(10-18)11-19-15)20-7-1-2-8-20/h3-6,9,11H,1-2,7-8H2. The van der Waals surface area contributed by atoms with Crippen molar-refractivity contribution in [3.05, 3.63) is 47.9 Å². The van der Waals surface area contributed by atoms with Crippen molar-refractivity contribution in [2.75, 3.05) is 18.0 Å². The molecular weight excluding hydrogens is 253 g/mol. The van der Waals surface area contributed by atoms with Crippen LogP contribution in [0.3, 0.4) is 0 Å². The van der Waals surface area contributed by atoms with E-state index in [9.17, 15) is 9.65 Å². The summed E-state index contributed by atoms with van der Waals surface area (Å²) in [6, 6.07) is 10.4. The molecule has 2 heterocycles. The summed E-state index contributed by atoms with van der Waals surface area (Å²) in [5, 5.41) is 9.21.